The molecule has 4 aromatic carbocycles. The Kier molecular flexibility index (Phi) is 11.5. The summed E-state index contributed by atoms with van der Waals surface area (Å²) in [5.41, 5.74) is 2.65. The highest BCUT2D eigenvalue weighted by Crippen LogP contribution is 2.44. The van der Waals surface area contributed by atoms with Crippen LogP contribution in [0.1, 0.15) is 60.9 Å². The summed E-state index contributed by atoms with van der Waals surface area (Å²) >= 11 is -0.652. The number of nitrogens with zero attached hydrogens (tertiary/aromatic N) is 1. The lowest BCUT2D eigenvalue weighted by Gasteiger charge is -2.38. The van der Waals surface area contributed by atoms with Gasteiger partial charge in [-0.3, -0.25) is 0 Å². The molecule has 2 atom stereocenters. The fourth-order valence-electron chi connectivity index (χ4n) is 5.19. The molecule has 4 nitrogen and oxygen atoms in total. The number of unbranched alkanes of at least 4 members (excludes halogenated alkanes) is 1. The molecule has 0 amide bonds. The third-order valence-corrected chi connectivity index (χ3v) is 9.14. The normalized spacial score (nSPS) is 12.9. The van der Waals surface area contributed by atoms with Crippen molar-refractivity contribution in [1.29, 1.82) is 5.26 Å². The van der Waals surface area contributed by atoms with Crippen molar-refractivity contribution in [2.45, 2.75) is 50.4 Å². The highest BCUT2D eigenvalue weighted by Gasteiger charge is 2.40. The van der Waals surface area contributed by atoms with Crippen molar-refractivity contribution in [1.82, 2.24) is 0 Å². The SMILES string of the molecule is CCCC[S+](Cc1ccc(C#N)cc1)OB(O)OC(C)CC(c1ccc(F)cc1)(c1ccc(F)cc1)c1ccc(F)cc1. The molecule has 0 saturated heterocycles. The Hall–Kier alpha value is -3.55. The first kappa shape index (κ1) is 32.4. The molecular weight excluding hydrogens is 570 g/mol. The highest BCUT2D eigenvalue weighted by molar-refractivity contribution is 7.92. The first-order chi connectivity index (χ1) is 20.7. The molecule has 0 spiro atoms. The third kappa shape index (κ3) is 8.52. The van der Waals surface area contributed by atoms with E-state index in [1.165, 1.54) is 36.4 Å². The van der Waals surface area contributed by atoms with Gasteiger partial charge >= 0.3 is 7.32 Å². The van der Waals surface area contributed by atoms with Crippen LogP contribution in [0.4, 0.5) is 13.2 Å². The van der Waals surface area contributed by atoms with Crippen LogP contribution in [0, 0.1) is 28.8 Å². The van der Waals surface area contributed by atoms with Crippen LogP contribution < -0.4 is 0 Å². The Balaban J connectivity index is 1.62. The first-order valence-electron chi connectivity index (χ1n) is 14.2. The van der Waals surface area contributed by atoms with Crippen molar-refractivity contribution in [2.75, 3.05) is 5.75 Å². The van der Waals surface area contributed by atoms with E-state index in [0.29, 0.717) is 28.0 Å². The summed E-state index contributed by atoms with van der Waals surface area (Å²) in [6.07, 6.45) is 1.50. The van der Waals surface area contributed by atoms with E-state index in [1.807, 2.05) is 12.1 Å². The first-order valence-corrected chi connectivity index (χ1v) is 15.7. The minimum absolute atomic E-state index is 0.245. The van der Waals surface area contributed by atoms with Gasteiger partial charge in [0.05, 0.1) is 11.6 Å². The molecule has 0 fully saturated rings. The minimum Gasteiger partial charge on any atom is -0.399 e. The fourth-order valence-corrected chi connectivity index (χ4v) is 6.96. The molecule has 4 aromatic rings. The second-order valence-electron chi connectivity index (χ2n) is 10.4. The van der Waals surface area contributed by atoms with E-state index in [2.05, 4.69) is 13.0 Å². The van der Waals surface area contributed by atoms with Crippen molar-refractivity contribution in [3.05, 3.63) is 142 Å². The largest absolute Gasteiger partial charge is 0.686 e. The van der Waals surface area contributed by atoms with Crippen molar-refractivity contribution >= 4 is 18.5 Å². The smallest absolute Gasteiger partial charge is 0.399 e. The predicted octanol–water partition coefficient (Wildman–Crippen LogP) is 7.63. The fraction of sp³-hybridized carbons (Fsp3) is 0.265. The molecule has 0 aliphatic carbocycles. The Morgan fingerprint density at radius 3 is 1.70 bits per heavy atom. The third-order valence-electron chi connectivity index (χ3n) is 7.31. The summed E-state index contributed by atoms with van der Waals surface area (Å²) < 4.78 is 54.1. The molecule has 2 unspecified atom stereocenters. The van der Waals surface area contributed by atoms with Crippen LogP contribution in [-0.2, 0) is 31.1 Å². The van der Waals surface area contributed by atoms with Gasteiger partial charge in [0.1, 0.15) is 34.4 Å². The average molecular weight is 605 g/mol. The summed E-state index contributed by atoms with van der Waals surface area (Å²) in [5.74, 6) is 0.0577. The number of benzene rings is 4. The maximum atomic E-state index is 14.0. The Bertz CT molecular complexity index is 1370. The lowest BCUT2D eigenvalue weighted by atomic mass is 9.66. The summed E-state index contributed by atoms with van der Waals surface area (Å²) in [6.45, 7) is 3.88. The summed E-state index contributed by atoms with van der Waals surface area (Å²) in [5, 5.41) is 20.0. The molecule has 222 valence electrons. The predicted molar refractivity (Wildman–Crippen MR) is 165 cm³/mol. The van der Waals surface area contributed by atoms with Gasteiger partial charge in [-0.2, -0.15) is 9.36 Å². The van der Waals surface area contributed by atoms with Gasteiger partial charge < -0.3 is 9.68 Å². The van der Waals surface area contributed by atoms with Crippen LogP contribution in [0.2, 0.25) is 0 Å². The standard InChI is InChI=1S/C34H34BF3NO3S/c1-3-4-21-43(24-27-7-5-26(23-39)6-8-27)42-35(40)41-25(2)22-34(28-9-15-31(36)16-10-28,29-11-17-32(37)18-12-29)30-13-19-33(38)20-14-30/h5-20,25,40H,3-4,21-22,24H2,1-2H3/q+1. The molecule has 1 N–H and O–H groups in total. The number of nitriles is 1. The van der Waals surface area contributed by atoms with Gasteiger partial charge in [0.2, 0.25) is 0 Å². The van der Waals surface area contributed by atoms with Gasteiger partial charge in [-0.25, -0.2) is 13.2 Å². The molecule has 4 rings (SSSR count). The van der Waals surface area contributed by atoms with E-state index < -0.39 is 47.5 Å². The van der Waals surface area contributed by atoms with E-state index in [-0.39, 0.29) is 6.42 Å². The van der Waals surface area contributed by atoms with Gasteiger partial charge in [0.25, 0.3) is 0 Å². The summed E-state index contributed by atoms with van der Waals surface area (Å²) in [4.78, 5) is 0. The van der Waals surface area contributed by atoms with Crippen LogP contribution in [-0.4, -0.2) is 24.2 Å². The number of halogens is 3. The topological polar surface area (TPSA) is 62.5 Å². The molecule has 0 aliphatic heterocycles. The molecule has 0 aliphatic rings. The average Bonchev–Trinajstić information content (AvgIpc) is 3.00. The molecule has 0 bridgehead atoms. The van der Waals surface area contributed by atoms with Crippen molar-refractivity contribution < 1.29 is 27.0 Å². The zero-order valence-electron chi connectivity index (χ0n) is 24.2. The zero-order chi connectivity index (χ0) is 30.8. The number of rotatable bonds is 14. The maximum absolute atomic E-state index is 14.0. The van der Waals surface area contributed by atoms with Crippen LogP contribution >= 0.6 is 0 Å². The van der Waals surface area contributed by atoms with Gasteiger partial charge in [-0.1, -0.05) is 61.9 Å². The van der Waals surface area contributed by atoms with Gasteiger partial charge in [0, 0.05) is 17.1 Å². The van der Waals surface area contributed by atoms with Gasteiger partial charge in [-0.15, -0.1) is 0 Å². The minimum atomic E-state index is -1.53. The van der Waals surface area contributed by atoms with Crippen LogP contribution in [0.3, 0.4) is 0 Å². The zero-order valence-corrected chi connectivity index (χ0v) is 25.0. The molecular formula is C34H34BF3NO3S+. The molecule has 0 aromatic heterocycles. The molecule has 0 radical (unpaired) electrons. The molecule has 9 heteroatoms. The number of hydrogen-bond donors (Lipinski definition) is 1. The Labute approximate surface area is 254 Å². The molecule has 43 heavy (non-hydrogen) atoms. The maximum Gasteiger partial charge on any atom is 0.686 e. The van der Waals surface area contributed by atoms with E-state index in [1.54, 1.807) is 55.5 Å². The van der Waals surface area contributed by atoms with Crippen molar-refractivity contribution in [3.63, 3.8) is 0 Å². The van der Waals surface area contributed by atoms with Crippen LogP contribution in [0.5, 0.6) is 0 Å². The van der Waals surface area contributed by atoms with E-state index >= 15 is 0 Å². The molecule has 0 heterocycles. The highest BCUT2D eigenvalue weighted by atomic mass is 32.2. The monoisotopic (exact) mass is 604 g/mol. The lowest BCUT2D eigenvalue weighted by Crippen LogP contribution is -2.38. The van der Waals surface area contributed by atoms with E-state index in [0.717, 1.165) is 24.2 Å². The second kappa shape index (κ2) is 15.3. The Morgan fingerprint density at radius 1 is 0.814 bits per heavy atom. The second-order valence-corrected chi connectivity index (χ2v) is 12.2. The summed E-state index contributed by atoms with van der Waals surface area (Å²) in [7, 11) is -1.53. The van der Waals surface area contributed by atoms with Crippen molar-refractivity contribution in [3.8, 4) is 6.07 Å². The Morgan fingerprint density at radius 2 is 1.28 bits per heavy atom. The van der Waals surface area contributed by atoms with Crippen LogP contribution in [0.15, 0.2) is 97.1 Å². The number of hydrogen-bond acceptors (Lipinski definition) is 4. The van der Waals surface area contributed by atoms with Crippen molar-refractivity contribution in [2.24, 2.45) is 0 Å². The van der Waals surface area contributed by atoms with Gasteiger partial charge in [0.15, 0.2) is 5.75 Å². The lowest BCUT2D eigenvalue weighted by molar-refractivity contribution is 0.123. The summed E-state index contributed by atoms with van der Waals surface area (Å²) in [6, 6.07) is 27.4. The molecule has 0 saturated carbocycles. The van der Waals surface area contributed by atoms with E-state index in [9.17, 15) is 18.2 Å². The van der Waals surface area contributed by atoms with Gasteiger partial charge in [-0.05, 0) is 85.0 Å². The quantitative estimate of drug-likeness (QED) is 0.0914. The van der Waals surface area contributed by atoms with E-state index in [4.69, 9.17) is 14.0 Å². The van der Waals surface area contributed by atoms with Crippen LogP contribution in [0.25, 0.3) is 0 Å².